The molecule has 0 aliphatic carbocycles. The van der Waals surface area contributed by atoms with Gasteiger partial charge in [-0.15, -0.1) is 0 Å². The molecule has 0 aromatic carbocycles. The Morgan fingerprint density at radius 1 is 1.25 bits per heavy atom. The molecule has 92 valence electrons. The molecular weight excluding hydrogens is 208 g/mol. The monoisotopic (exact) mass is 228 g/mol. The second-order valence-corrected chi connectivity index (χ2v) is 4.73. The predicted molar refractivity (Wildman–Crippen MR) is 60.1 cm³/mol. The Balaban J connectivity index is 2.37. The molecule has 0 aromatic rings. The SMILES string of the molecule is CC(C)(NCC(=O)N1CCCCC1)C(=O)O. The zero-order chi connectivity index (χ0) is 12.2. The van der Waals surface area contributed by atoms with Gasteiger partial charge in [-0.1, -0.05) is 0 Å². The summed E-state index contributed by atoms with van der Waals surface area (Å²) in [5.41, 5.74) is -1.05. The molecule has 16 heavy (non-hydrogen) atoms. The molecule has 2 N–H and O–H groups in total. The lowest BCUT2D eigenvalue weighted by Crippen LogP contribution is -2.51. The lowest BCUT2D eigenvalue weighted by molar-refractivity contribution is -0.143. The first-order valence-electron chi connectivity index (χ1n) is 5.70. The number of nitrogens with zero attached hydrogens (tertiary/aromatic N) is 1. The van der Waals surface area contributed by atoms with Gasteiger partial charge in [0.15, 0.2) is 0 Å². The highest BCUT2D eigenvalue weighted by atomic mass is 16.4. The summed E-state index contributed by atoms with van der Waals surface area (Å²) in [5, 5.41) is 11.6. The number of carboxylic acid groups (broad SMARTS) is 1. The van der Waals surface area contributed by atoms with Crippen LogP contribution in [-0.2, 0) is 9.59 Å². The minimum atomic E-state index is -1.05. The van der Waals surface area contributed by atoms with E-state index in [4.69, 9.17) is 5.11 Å². The maximum Gasteiger partial charge on any atom is 0.323 e. The molecule has 5 nitrogen and oxygen atoms in total. The van der Waals surface area contributed by atoms with Crippen molar-refractivity contribution in [1.29, 1.82) is 0 Å². The van der Waals surface area contributed by atoms with Crippen LogP contribution in [-0.4, -0.2) is 47.1 Å². The van der Waals surface area contributed by atoms with Crippen LogP contribution in [0.25, 0.3) is 0 Å². The maximum absolute atomic E-state index is 11.7. The second kappa shape index (κ2) is 5.30. The van der Waals surface area contributed by atoms with E-state index in [0.29, 0.717) is 0 Å². The van der Waals surface area contributed by atoms with Crippen molar-refractivity contribution in [2.75, 3.05) is 19.6 Å². The fraction of sp³-hybridized carbons (Fsp3) is 0.818. The Labute approximate surface area is 95.8 Å². The molecule has 0 radical (unpaired) electrons. The first-order chi connectivity index (χ1) is 7.43. The molecule has 0 unspecified atom stereocenters. The number of hydrogen-bond donors (Lipinski definition) is 2. The van der Waals surface area contributed by atoms with E-state index in [1.54, 1.807) is 18.7 Å². The van der Waals surface area contributed by atoms with Crippen molar-refractivity contribution in [2.24, 2.45) is 0 Å². The van der Waals surface area contributed by atoms with E-state index in [9.17, 15) is 9.59 Å². The van der Waals surface area contributed by atoms with Crippen LogP contribution in [0.4, 0.5) is 0 Å². The number of likely N-dealkylation sites (tertiary alicyclic amines) is 1. The number of carboxylic acids is 1. The van der Waals surface area contributed by atoms with Crippen molar-refractivity contribution in [1.82, 2.24) is 10.2 Å². The van der Waals surface area contributed by atoms with Gasteiger partial charge in [0, 0.05) is 13.1 Å². The van der Waals surface area contributed by atoms with Crippen molar-refractivity contribution in [2.45, 2.75) is 38.6 Å². The largest absolute Gasteiger partial charge is 0.480 e. The molecule has 1 rings (SSSR count). The first-order valence-corrected chi connectivity index (χ1v) is 5.70. The predicted octanol–water partition coefficient (Wildman–Crippen LogP) is 0.452. The van der Waals surface area contributed by atoms with Crippen LogP contribution in [0.15, 0.2) is 0 Å². The van der Waals surface area contributed by atoms with Crippen LogP contribution >= 0.6 is 0 Å². The van der Waals surface area contributed by atoms with Crippen molar-refractivity contribution in [3.63, 3.8) is 0 Å². The third-order valence-corrected chi connectivity index (χ3v) is 2.92. The first kappa shape index (κ1) is 13.0. The maximum atomic E-state index is 11.7. The Kier molecular flexibility index (Phi) is 4.29. The van der Waals surface area contributed by atoms with Gasteiger partial charge in [0.25, 0.3) is 0 Å². The van der Waals surface area contributed by atoms with E-state index in [0.717, 1.165) is 25.9 Å². The van der Waals surface area contributed by atoms with Crippen LogP contribution < -0.4 is 5.32 Å². The Bertz CT molecular complexity index is 270. The number of hydrogen-bond acceptors (Lipinski definition) is 3. The molecule has 0 bridgehead atoms. The van der Waals surface area contributed by atoms with Crippen LogP contribution in [0.2, 0.25) is 0 Å². The summed E-state index contributed by atoms with van der Waals surface area (Å²) >= 11 is 0. The lowest BCUT2D eigenvalue weighted by Gasteiger charge is -2.28. The highest BCUT2D eigenvalue weighted by Gasteiger charge is 2.28. The van der Waals surface area contributed by atoms with Gasteiger partial charge in [0.2, 0.25) is 5.91 Å². The van der Waals surface area contributed by atoms with Crippen molar-refractivity contribution >= 4 is 11.9 Å². The van der Waals surface area contributed by atoms with Gasteiger partial charge in [0.05, 0.1) is 6.54 Å². The molecule has 1 aliphatic heterocycles. The van der Waals surface area contributed by atoms with Gasteiger partial charge in [-0.2, -0.15) is 0 Å². The van der Waals surface area contributed by atoms with Gasteiger partial charge in [-0.3, -0.25) is 14.9 Å². The van der Waals surface area contributed by atoms with Gasteiger partial charge >= 0.3 is 5.97 Å². The lowest BCUT2D eigenvalue weighted by atomic mass is 10.1. The number of carbonyl (C=O) groups excluding carboxylic acids is 1. The van der Waals surface area contributed by atoms with Crippen molar-refractivity contribution in [3.8, 4) is 0 Å². The van der Waals surface area contributed by atoms with E-state index >= 15 is 0 Å². The van der Waals surface area contributed by atoms with E-state index in [1.165, 1.54) is 6.42 Å². The highest BCUT2D eigenvalue weighted by Crippen LogP contribution is 2.09. The Morgan fingerprint density at radius 3 is 2.31 bits per heavy atom. The second-order valence-electron chi connectivity index (χ2n) is 4.73. The smallest absolute Gasteiger partial charge is 0.323 e. The van der Waals surface area contributed by atoms with Crippen LogP contribution in [0.3, 0.4) is 0 Å². The number of nitrogens with one attached hydrogen (secondary N) is 1. The summed E-state index contributed by atoms with van der Waals surface area (Å²) in [6, 6.07) is 0. The molecule has 0 saturated carbocycles. The van der Waals surface area contributed by atoms with Crippen LogP contribution in [0.1, 0.15) is 33.1 Å². The molecule has 1 amide bonds. The highest BCUT2D eigenvalue weighted by molar-refractivity contribution is 5.81. The van der Waals surface area contributed by atoms with Gasteiger partial charge in [-0.05, 0) is 33.1 Å². The van der Waals surface area contributed by atoms with Gasteiger partial charge < -0.3 is 10.0 Å². The molecule has 5 heteroatoms. The summed E-state index contributed by atoms with van der Waals surface area (Å²) in [6.45, 7) is 4.80. The third-order valence-electron chi connectivity index (χ3n) is 2.92. The number of piperidine rings is 1. The number of amides is 1. The molecule has 1 fully saturated rings. The van der Waals surface area contributed by atoms with E-state index in [1.807, 2.05) is 0 Å². The molecule has 1 aliphatic rings. The fourth-order valence-corrected chi connectivity index (χ4v) is 1.63. The molecule has 1 heterocycles. The Morgan fingerprint density at radius 2 is 1.81 bits per heavy atom. The minimum Gasteiger partial charge on any atom is -0.480 e. The molecule has 0 aromatic heterocycles. The zero-order valence-electron chi connectivity index (χ0n) is 9.95. The molecular formula is C11H20N2O3. The summed E-state index contributed by atoms with van der Waals surface area (Å²) < 4.78 is 0. The number of carbonyl (C=O) groups is 2. The number of aliphatic carboxylic acids is 1. The van der Waals surface area contributed by atoms with Crippen molar-refractivity contribution in [3.05, 3.63) is 0 Å². The summed E-state index contributed by atoms with van der Waals surface area (Å²) in [4.78, 5) is 24.4. The fourth-order valence-electron chi connectivity index (χ4n) is 1.63. The molecule has 0 spiro atoms. The average molecular weight is 228 g/mol. The summed E-state index contributed by atoms with van der Waals surface area (Å²) in [7, 11) is 0. The van der Waals surface area contributed by atoms with E-state index < -0.39 is 11.5 Å². The van der Waals surface area contributed by atoms with Crippen LogP contribution in [0, 0.1) is 0 Å². The topological polar surface area (TPSA) is 69.6 Å². The summed E-state index contributed by atoms with van der Waals surface area (Å²) in [5.74, 6) is -0.951. The Hall–Kier alpha value is -1.10. The molecule has 0 atom stereocenters. The molecule has 1 saturated heterocycles. The van der Waals surface area contributed by atoms with Gasteiger partial charge in [0.1, 0.15) is 5.54 Å². The number of rotatable bonds is 4. The third kappa shape index (κ3) is 3.48. The van der Waals surface area contributed by atoms with E-state index in [-0.39, 0.29) is 12.5 Å². The van der Waals surface area contributed by atoms with E-state index in [2.05, 4.69) is 5.32 Å². The van der Waals surface area contributed by atoms with Crippen molar-refractivity contribution < 1.29 is 14.7 Å². The van der Waals surface area contributed by atoms with Gasteiger partial charge in [-0.25, -0.2) is 0 Å². The van der Waals surface area contributed by atoms with Crippen LogP contribution in [0.5, 0.6) is 0 Å². The summed E-state index contributed by atoms with van der Waals surface area (Å²) in [6.07, 6.45) is 3.28. The average Bonchev–Trinajstić information content (AvgIpc) is 2.27. The normalized spacial score (nSPS) is 17.2. The zero-order valence-corrected chi connectivity index (χ0v) is 9.95. The quantitative estimate of drug-likeness (QED) is 0.733. The standard InChI is InChI=1S/C11H20N2O3/c1-11(2,10(15)16)12-8-9(14)13-6-4-3-5-7-13/h12H,3-8H2,1-2H3,(H,15,16). The minimum absolute atomic E-state index is 0.00553.